The summed E-state index contributed by atoms with van der Waals surface area (Å²) < 4.78 is 29.6. The van der Waals surface area contributed by atoms with Crippen molar-refractivity contribution in [3.8, 4) is 27.3 Å². The van der Waals surface area contributed by atoms with Crippen LogP contribution in [0.4, 0.5) is 0 Å². The Morgan fingerprint density at radius 1 is 0.960 bits per heavy atom. The highest BCUT2D eigenvalue weighted by molar-refractivity contribution is 7.90. The first kappa shape index (κ1) is 18.3. The minimum Gasteiger partial charge on any atom is -0.494 e. The third-order valence-corrected chi connectivity index (χ3v) is 7.82. The van der Waals surface area contributed by atoms with E-state index in [1.165, 1.54) is 6.26 Å². The Kier molecular flexibility index (Phi) is 5.38. The quantitative estimate of drug-likeness (QED) is 0.403. The molecule has 3 aromatic rings. The second-order valence-electron chi connectivity index (χ2n) is 5.41. The number of hydrogen-bond donors (Lipinski definition) is 0. The van der Waals surface area contributed by atoms with Gasteiger partial charge in [0.15, 0.2) is 9.84 Å². The number of hydrogen-bond acceptors (Lipinski definition) is 6. The van der Waals surface area contributed by atoms with E-state index in [1.54, 1.807) is 32.8 Å². The third-order valence-electron chi connectivity index (χ3n) is 3.63. The van der Waals surface area contributed by atoms with Crippen molar-refractivity contribution in [2.75, 3.05) is 12.9 Å². The van der Waals surface area contributed by atoms with Crippen molar-refractivity contribution in [3.05, 3.63) is 52.4 Å². The zero-order chi connectivity index (χ0) is 18.0. The number of ether oxygens (including phenoxy) is 1. The van der Waals surface area contributed by atoms with E-state index in [9.17, 15) is 8.42 Å². The summed E-state index contributed by atoms with van der Waals surface area (Å²) in [6.07, 6.45) is 1.21. The minimum atomic E-state index is -3.20. The predicted octanol–water partition coefficient (Wildman–Crippen LogP) is 5.68. The van der Waals surface area contributed by atoms with Crippen LogP contribution < -0.4 is 4.74 Å². The smallest absolute Gasteiger partial charge is 0.175 e. The van der Waals surface area contributed by atoms with E-state index in [1.807, 2.05) is 43.3 Å². The molecule has 3 rings (SSSR count). The molecule has 0 radical (unpaired) electrons. The van der Waals surface area contributed by atoms with Gasteiger partial charge < -0.3 is 4.74 Å². The maximum atomic E-state index is 11.6. The molecule has 1 heterocycles. The highest BCUT2D eigenvalue weighted by Gasteiger charge is 2.14. The van der Waals surface area contributed by atoms with Crippen LogP contribution in [0.1, 0.15) is 6.92 Å². The molecule has 0 atom stereocenters. The minimum absolute atomic E-state index is 0.317. The molecule has 3 nitrogen and oxygen atoms in total. The molecule has 1 aromatic heterocycles. The molecule has 0 unspecified atom stereocenters. The van der Waals surface area contributed by atoms with Crippen molar-refractivity contribution in [2.24, 2.45) is 0 Å². The van der Waals surface area contributed by atoms with Crippen LogP contribution in [0, 0.1) is 3.82 Å². The highest BCUT2D eigenvalue weighted by Crippen LogP contribution is 2.41. The van der Waals surface area contributed by atoms with E-state index in [2.05, 4.69) is 0 Å². The molecule has 0 bridgehead atoms. The summed E-state index contributed by atoms with van der Waals surface area (Å²) in [4.78, 5) is 1.37. The van der Waals surface area contributed by atoms with Gasteiger partial charge in [-0.15, -0.1) is 0 Å². The van der Waals surface area contributed by atoms with Gasteiger partial charge in [0, 0.05) is 11.8 Å². The molecule has 0 fully saturated rings. The van der Waals surface area contributed by atoms with Gasteiger partial charge in [-0.2, -0.15) is 0 Å². The van der Waals surface area contributed by atoms with E-state index in [4.69, 9.17) is 17.0 Å². The van der Waals surface area contributed by atoms with Crippen molar-refractivity contribution in [3.63, 3.8) is 0 Å². The van der Waals surface area contributed by atoms with Crippen molar-refractivity contribution in [2.45, 2.75) is 11.8 Å². The van der Waals surface area contributed by atoms with Crippen LogP contribution >= 0.6 is 32.9 Å². The van der Waals surface area contributed by atoms with Gasteiger partial charge in [0.1, 0.15) is 9.57 Å². The summed E-state index contributed by atoms with van der Waals surface area (Å²) in [5.41, 5.74) is 3.02. The maximum absolute atomic E-state index is 11.6. The molecule has 7 heteroatoms. The highest BCUT2D eigenvalue weighted by atomic mass is 32.9. The predicted molar refractivity (Wildman–Crippen MR) is 108 cm³/mol. The van der Waals surface area contributed by atoms with Crippen LogP contribution in [0.15, 0.2) is 53.4 Å². The van der Waals surface area contributed by atoms with E-state index in [-0.39, 0.29) is 0 Å². The van der Waals surface area contributed by atoms with Gasteiger partial charge in [0.25, 0.3) is 0 Å². The molecule has 0 spiro atoms. The zero-order valence-electron chi connectivity index (χ0n) is 13.7. The van der Waals surface area contributed by atoms with Crippen LogP contribution in [0.2, 0.25) is 0 Å². The van der Waals surface area contributed by atoms with E-state index in [0.29, 0.717) is 11.5 Å². The van der Waals surface area contributed by atoms with Crippen LogP contribution in [0.5, 0.6) is 5.75 Å². The molecule has 0 amide bonds. The summed E-state index contributed by atoms with van der Waals surface area (Å²) in [6, 6.07) is 14.8. The first-order valence-corrected chi connectivity index (χ1v) is 12.0. The van der Waals surface area contributed by atoms with E-state index in [0.717, 1.165) is 31.1 Å². The second kappa shape index (κ2) is 7.37. The van der Waals surface area contributed by atoms with Gasteiger partial charge >= 0.3 is 0 Å². The first-order chi connectivity index (χ1) is 11.9. The lowest BCUT2D eigenvalue weighted by Crippen LogP contribution is -1.96. The molecule has 0 aliphatic carbocycles. The van der Waals surface area contributed by atoms with Crippen LogP contribution in [0.3, 0.4) is 0 Å². The lowest BCUT2D eigenvalue weighted by atomic mass is 10.0. The molecular weight excluding hydrogens is 392 g/mol. The van der Waals surface area contributed by atoms with Crippen LogP contribution in [-0.4, -0.2) is 21.3 Å². The fourth-order valence-corrected chi connectivity index (χ4v) is 5.98. The molecule has 0 saturated heterocycles. The average molecular weight is 409 g/mol. The Labute approximate surface area is 159 Å². The Morgan fingerprint density at radius 3 is 2.12 bits per heavy atom. The molecule has 0 aliphatic heterocycles. The van der Waals surface area contributed by atoms with Gasteiger partial charge in [-0.05, 0) is 42.3 Å². The lowest BCUT2D eigenvalue weighted by molar-refractivity contribution is 0.340. The third kappa shape index (κ3) is 4.00. The molecule has 0 saturated carbocycles. The first-order valence-electron chi connectivity index (χ1n) is 7.57. The van der Waals surface area contributed by atoms with Gasteiger partial charge in [0.05, 0.1) is 16.4 Å². The fraction of sp³-hybridized carbons (Fsp3) is 0.167. The van der Waals surface area contributed by atoms with Gasteiger partial charge in [-0.3, -0.25) is 0 Å². The Hall–Kier alpha value is -1.54. The number of benzene rings is 2. The standard InChI is InChI=1S/C18H16O3S4/c1-3-21-14-8-4-12(5-9-14)16-17(23-24-18(16)22)13-6-10-15(11-7-13)25(2,19)20/h4-11H,3H2,1-2H3. The Bertz CT molecular complexity index is 1030. The molecule has 25 heavy (non-hydrogen) atoms. The van der Waals surface area contributed by atoms with Crippen molar-refractivity contribution >= 4 is 42.7 Å². The van der Waals surface area contributed by atoms with Crippen molar-refractivity contribution in [1.82, 2.24) is 0 Å². The number of rotatable bonds is 5. The zero-order valence-corrected chi connectivity index (χ0v) is 16.9. The Balaban J connectivity index is 2.03. The van der Waals surface area contributed by atoms with E-state index >= 15 is 0 Å². The van der Waals surface area contributed by atoms with Crippen LogP contribution in [0.25, 0.3) is 21.6 Å². The molecule has 0 aliphatic rings. The monoisotopic (exact) mass is 408 g/mol. The summed E-state index contributed by atoms with van der Waals surface area (Å²) >= 11 is 5.53. The lowest BCUT2D eigenvalue weighted by Gasteiger charge is -2.07. The van der Waals surface area contributed by atoms with E-state index < -0.39 is 9.84 Å². The second-order valence-corrected chi connectivity index (χ2v) is 10.2. The van der Waals surface area contributed by atoms with Gasteiger partial charge in [0.2, 0.25) is 0 Å². The maximum Gasteiger partial charge on any atom is 0.175 e. The molecular formula is C18H16O3S4. The molecule has 130 valence electrons. The van der Waals surface area contributed by atoms with Crippen molar-refractivity contribution < 1.29 is 13.2 Å². The Morgan fingerprint density at radius 2 is 1.56 bits per heavy atom. The van der Waals surface area contributed by atoms with Crippen molar-refractivity contribution in [1.29, 1.82) is 0 Å². The van der Waals surface area contributed by atoms with Gasteiger partial charge in [-0.25, -0.2) is 8.42 Å². The topological polar surface area (TPSA) is 43.4 Å². The average Bonchev–Trinajstić information content (AvgIpc) is 2.97. The summed E-state index contributed by atoms with van der Waals surface area (Å²) in [7, 11) is -0.0370. The fourth-order valence-electron chi connectivity index (χ4n) is 2.43. The summed E-state index contributed by atoms with van der Waals surface area (Å²) in [6.45, 7) is 2.58. The SMILES string of the molecule is CCOc1ccc(-c2c(-c3ccc(S(C)(=O)=O)cc3)ssc2=S)cc1. The van der Waals surface area contributed by atoms with Gasteiger partial charge in [-0.1, -0.05) is 57.2 Å². The number of sulfone groups is 1. The summed E-state index contributed by atoms with van der Waals surface area (Å²) in [5.74, 6) is 0.829. The summed E-state index contributed by atoms with van der Waals surface area (Å²) in [5, 5.41) is 0. The molecule has 0 N–H and O–H groups in total. The largest absolute Gasteiger partial charge is 0.494 e. The normalized spacial score (nSPS) is 11.4. The van der Waals surface area contributed by atoms with Crippen LogP contribution in [-0.2, 0) is 9.84 Å². The molecule has 2 aromatic carbocycles.